The maximum atomic E-state index is 13.1. The molecule has 2 heterocycles. The highest BCUT2D eigenvalue weighted by Crippen LogP contribution is 2.22. The Bertz CT molecular complexity index is 853. The Morgan fingerprint density at radius 3 is 2.63 bits per heavy atom. The minimum atomic E-state index is -0.246. The number of fused-ring (bicyclic) bond motifs is 1. The Morgan fingerprint density at radius 1 is 1.30 bits per heavy atom. The van der Waals surface area contributed by atoms with Gasteiger partial charge in [-0.1, -0.05) is 32.9 Å². The van der Waals surface area contributed by atoms with Crippen molar-refractivity contribution in [1.82, 2.24) is 19.8 Å². The second-order valence-electron chi connectivity index (χ2n) is 7.96. The van der Waals surface area contributed by atoms with Gasteiger partial charge in [0.05, 0.1) is 23.5 Å². The molecule has 3 unspecified atom stereocenters. The van der Waals surface area contributed by atoms with Crippen LogP contribution in [0, 0.1) is 11.8 Å². The number of likely N-dealkylation sites (N-methyl/N-ethyl adjacent to an activating group) is 1. The molecule has 1 amide bonds. The molecule has 1 aliphatic heterocycles. The van der Waals surface area contributed by atoms with Gasteiger partial charge in [-0.25, -0.2) is 4.98 Å². The number of aromatic nitrogens is 2. The number of piperidine rings is 1. The van der Waals surface area contributed by atoms with Crippen molar-refractivity contribution in [2.45, 2.75) is 46.7 Å². The minimum Gasteiger partial charge on any atom is -0.341 e. The first-order chi connectivity index (χ1) is 12.9. The van der Waals surface area contributed by atoms with Gasteiger partial charge in [-0.3, -0.25) is 14.5 Å². The summed E-state index contributed by atoms with van der Waals surface area (Å²) in [6.45, 7) is 11.2. The van der Waals surface area contributed by atoms with Crippen LogP contribution in [-0.4, -0.2) is 51.4 Å². The van der Waals surface area contributed by atoms with Crippen LogP contribution in [0.5, 0.6) is 0 Å². The fraction of sp³-hybridized carbons (Fsp3) is 0.571. The number of carbonyl (C=O) groups is 1. The van der Waals surface area contributed by atoms with Gasteiger partial charge in [0.25, 0.3) is 5.56 Å². The van der Waals surface area contributed by atoms with Crippen LogP contribution in [0.15, 0.2) is 29.1 Å². The number of benzene rings is 1. The summed E-state index contributed by atoms with van der Waals surface area (Å²) in [5, 5.41) is 0.588. The quantitative estimate of drug-likeness (QED) is 0.878. The van der Waals surface area contributed by atoms with Crippen LogP contribution in [-0.2, 0) is 11.3 Å². The molecule has 0 bridgehead atoms. The number of hydrogen-bond donors (Lipinski definition) is 1. The molecule has 1 fully saturated rings. The summed E-state index contributed by atoms with van der Waals surface area (Å²) in [6.07, 6.45) is 1.18. The second kappa shape index (κ2) is 8.21. The summed E-state index contributed by atoms with van der Waals surface area (Å²) in [4.78, 5) is 36.9. The van der Waals surface area contributed by atoms with E-state index in [1.807, 2.05) is 36.9 Å². The van der Waals surface area contributed by atoms with E-state index in [9.17, 15) is 9.59 Å². The summed E-state index contributed by atoms with van der Waals surface area (Å²) < 4.78 is 0. The van der Waals surface area contributed by atoms with Crippen LogP contribution in [0.4, 0.5) is 0 Å². The van der Waals surface area contributed by atoms with Crippen molar-refractivity contribution in [3.05, 3.63) is 40.4 Å². The minimum absolute atomic E-state index is 0.135. The standard InChI is InChI=1S/C21H30N4O2/c1-5-24(16(4)21(27)25-11-14(2)10-15(3)12-25)13-19-22-18-9-7-6-8-17(18)20(26)23-19/h6-9,14-16H,5,10-13H2,1-4H3,(H,22,23,26). The van der Waals surface area contributed by atoms with Crippen molar-refractivity contribution >= 4 is 16.8 Å². The lowest BCUT2D eigenvalue weighted by Crippen LogP contribution is -2.51. The number of aromatic amines is 1. The van der Waals surface area contributed by atoms with Gasteiger partial charge in [0.15, 0.2) is 0 Å². The van der Waals surface area contributed by atoms with Crippen molar-refractivity contribution < 1.29 is 4.79 Å². The lowest BCUT2D eigenvalue weighted by atomic mass is 9.91. The van der Waals surface area contributed by atoms with Crippen LogP contribution < -0.4 is 5.56 Å². The molecule has 0 radical (unpaired) electrons. The Morgan fingerprint density at radius 2 is 1.96 bits per heavy atom. The van der Waals surface area contributed by atoms with Crippen LogP contribution in [0.3, 0.4) is 0 Å². The maximum Gasteiger partial charge on any atom is 0.258 e. The van der Waals surface area contributed by atoms with Crippen molar-refractivity contribution in [3.8, 4) is 0 Å². The van der Waals surface area contributed by atoms with Crippen LogP contribution in [0.25, 0.3) is 10.9 Å². The third-order valence-corrected chi connectivity index (χ3v) is 5.51. The smallest absolute Gasteiger partial charge is 0.258 e. The zero-order valence-electron chi connectivity index (χ0n) is 16.7. The zero-order valence-corrected chi connectivity index (χ0v) is 16.7. The van der Waals surface area contributed by atoms with E-state index in [0.717, 1.165) is 13.1 Å². The number of amides is 1. The zero-order chi connectivity index (χ0) is 19.6. The number of nitrogens with one attached hydrogen (secondary N) is 1. The largest absolute Gasteiger partial charge is 0.341 e. The molecule has 0 saturated carbocycles. The average molecular weight is 370 g/mol. The molecule has 6 heteroatoms. The first kappa shape index (κ1) is 19.5. The topological polar surface area (TPSA) is 69.3 Å². The predicted octanol–water partition coefficient (Wildman–Crippen LogP) is 2.64. The third-order valence-electron chi connectivity index (χ3n) is 5.51. The summed E-state index contributed by atoms with van der Waals surface area (Å²) in [5.74, 6) is 1.84. The molecular weight excluding hydrogens is 340 g/mol. The number of rotatable bonds is 5. The highest BCUT2D eigenvalue weighted by atomic mass is 16.2. The van der Waals surface area contributed by atoms with Crippen molar-refractivity contribution in [1.29, 1.82) is 0 Å². The molecule has 3 atom stereocenters. The van der Waals surface area contributed by atoms with Crippen LogP contribution in [0.1, 0.15) is 39.9 Å². The highest BCUT2D eigenvalue weighted by Gasteiger charge is 2.30. The molecule has 2 aromatic rings. The highest BCUT2D eigenvalue weighted by molar-refractivity contribution is 5.81. The Labute approximate surface area is 160 Å². The molecule has 6 nitrogen and oxygen atoms in total. The van der Waals surface area contributed by atoms with Gasteiger partial charge >= 0.3 is 0 Å². The molecule has 146 valence electrons. The third kappa shape index (κ3) is 4.38. The van der Waals surface area contributed by atoms with Gasteiger partial charge in [-0.2, -0.15) is 0 Å². The van der Waals surface area contributed by atoms with Crippen molar-refractivity contribution in [3.63, 3.8) is 0 Å². The molecule has 27 heavy (non-hydrogen) atoms. The normalized spacial score (nSPS) is 21.6. The molecule has 1 saturated heterocycles. The number of hydrogen-bond acceptors (Lipinski definition) is 4. The van der Waals surface area contributed by atoms with Gasteiger partial charge in [-0.15, -0.1) is 0 Å². The molecule has 3 rings (SSSR count). The summed E-state index contributed by atoms with van der Waals surface area (Å²) in [5.41, 5.74) is 0.550. The molecule has 1 aromatic carbocycles. The first-order valence-electron chi connectivity index (χ1n) is 9.89. The maximum absolute atomic E-state index is 13.1. The summed E-state index contributed by atoms with van der Waals surface area (Å²) >= 11 is 0. The number of nitrogens with zero attached hydrogens (tertiary/aromatic N) is 3. The fourth-order valence-electron chi connectivity index (χ4n) is 4.19. The molecule has 0 spiro atoms. The molecule has 0 aliphatic carbocycles. The fourth-order valence-corrected chi connectivity index (χ4v) is 4.19. The Kier molecular flexibility index (Phi) is 5.95. The SMILES string of the molecule is CCN(Cc1nc2ccccc2c(=O)[nH]1)C(C)C(=O)N1CC(C)CC(C)C1. The van der Waals surface area contributed by atoms with Gasteiger partial charge < -0.3 is 9.88 Å². The molecule has 1 aromatic heterocycles. The Hall–Kier alpha value is -2.21. The number of likely N-dealkylation sites (tertiary alicyclic amines) is 1. The van der Waals surface area contributed by atoms with E-state index in [4.69, 9.17) is 0 Å². The first-order valence-corrected chi connectivity index (χ1v) is 9.89. The van der Waals surface area contributed by atoms with Gasteiger partial charge in [0.2, 0.25) is 5.91 Å². The van der Waals surface area contributed by atoms with Gasteiger partial charge in [0.1, 0.15) is 5.82 Å². The molecule has 1 aliphatic rings. The van der Waals surface area contributed by atoms with E-state index in [1.54, 1.807) is 6.07 Å². The van der Waals surface area contributed by atoms with Crippen molar-refractivity contribution in [2.24, 2.45) is 11.8 Å². The Balaban J connectivity index is 1.76. The van der Waals surface area contributed by atoms with E-state index in [1.165, 1.54) is 6.42 Å². The van der Waals surface area contributed by atoms with E-state index in [-0.39, 0.29) is 17.5 Å². The molecule has 1 N–H and O–H groups in total. The van der Waals surface area contributed by atoms with E-state index in [2.05, 4.69) is 28.7 Å². The molecular formula is C21H30N4O2. The predicted molar refractivity (Wildman–Crippen MR) is 107 cm³/mol. The van der Waals surface area contributed by atoms with Crippen LogP contribution >= 0.6 is 0 Å². The number of H-pyrrole nitrogens is 1. The van der Waals surface area contributed by atoms with E-state index >= 15 is 0 Å². The van der Waals surface area contributed by atoms with Crippen LogP contribution in [0.2, 0.25) is 0 Å². The summed E-state index contributed by atoms with van der Waals surface area (Å²) in [7, 11) is 0. The van der Waals surface area contributed by atoms with Crippen molar-refractivity contribution in [2.75, 3.05) is 19.6 Å². The van der Waals surface area contributed by atoms with E-state index in [0.29, 0.717) is 41.7 Å². The average Bonchev–Trinajstić information content (AvgIpc) is 2.64. The summed E-state index contributed by atoms with van der Waals surface area (Å²) in [6, 6.07) is 7.08. The van der Waals surface area contributed by atoms with Gasteiger partial charge in [0, 0.05) is 13.1 Å². The lowest BCUT2D eigenvalue weighted by Gasteiger charge is -2.38. The number of para-hydroxylation sites is 1. The van der Waals surface area contributed by atoms with Gasteiger partial charge in [-0.05, 0) is 43.9 Å². The van der Waals surface area contributed by atoms with E-state index < -0.39 is 0 Å². The number of carbonyl (C=O) groups excluding carboxylic acids is 1. The second-order valence-corrected chi connectivity index (χ2v) is 7.96. The lowest BCUT2D eigenvalue weighted by molar-refractivity contribution is -0.139. The monoisotopic (exact) mass is 370 g/mol.